The Kier molecular flexibility index (Phi) is 6.27. The van der Waals surface area contributed by atoms with E-state index in [4.69, 9.17) is 20.8 Å². The molecule has 1 aromatic carbocycles. The smallest absolute Gasteiger partial charge is 0.419 e. The maximum Gasteiger partial charge on any atom is 0.419 e. The van der Waals surface area contributed by atoms with Crippen molar-refractivity contribution in [2.75, 3.05) is 0 Å². The number of rotatable bonds is 2. The molecule has 3 aromatic heterocycles. The molecule has 4 rings (SSSR count). The minimum Gasteiger partial charge on any atom is -0.453 e. The summed E-state index contributed by atoms with van der Waals surface area (Å²) >= 11 is 6.02. The zero-order valence-corrected chi connectivity index (χ0v) is 18.4. The summed E-state index contributed by atoms with van der Waals surface area (Å²) < 4.78 is 12.7. The molecule has 0 radical (unpaired) electrons. The summed E-state index contributed by atoms with van der Waals surface area (Å²) in [6, 6.07) is 12.6. The summed E-state index contributed by atoms with van der Waals surface area (Å²) in [7, 11) is 0. The van der Waals surface area contributed by atoms with E-state index in [0.717, 1.165) is 5.39 Å². The molecule has 6 nitrogen and oxygen atoms in total. The predicted octanol–water partition coefficient (Wildman–Crippen LogP) is 6.82. The van der Waals surface area contributed by atoms with Crippen molar-refractivity contribution in [1.29, 1.82) is 0 Å². The Morgan fingerprint density at radius 3 is 2.63 bits per heavy atom. The molecule has 0 amide bonds. The predicted molar refractivity (Wildman–Crippen MR) is 119 cm³/mol. The van der Waals surface area contributed by atoms with Crippen LogP contribution in [-0.2, 0) is 4.74 Å². The molecular formula is C23H24ClN3O3. The molecule has 0 saturated heterocycles. The van der Waals surface area contributed by atoms with Gasteiger partial charge in [0.1, 0.15) is 11.2 Å². The van der Waals surface area contributed by atoms with E-state index in [1.807, 2.05) is 46.8 Å². The molecule has 0 atom stereocenters. The molecule has 0 bridgehead atoms. The van der Waals surface area contributed by atoms with Crippen LogP contribution in [0.1, 0.15) is 34.6 Å². The number of carbonyl (C=O) groups excluding carboxylic acids is 1. The summed E-state index contributed by atoms with van der Waals surface area (Å²) in [5.41, 5.74) is 1.26. The first-order valence-corrected chi connectivity index (χ1v) is 10.1. The van der Waals surface area contributed by atoms with E-state index in [1.54, 1.807) is 42.7 Å². The Hall–Kier alpha value is -3.12. The molecule has 0 unspecified atom stereocenters. The standard InChI is InChI=1S/C21H18ClN3O3.C2H6/c1-21(2,3)28-20(26)25-10-4-5-16(25)15-8-9-23-19(24-15)18-11-13-6-7-14(22)12-17(13)27-18;1-2/h4-12H,1-3H3;1-2H3. The molecule has 4 aromatic rings. The van der Waals surface area contributed by atoms with Gasteiger partial charge in [-0.05, 0) is 57.2 Å². The van der Waals surface area contributed by atoms with Gasteiger partial charge in [-0.3, -0.25) is 4.57 Å². The van der Waals surface area contributed by atoms with Gasteiger partial charge in [-0.25, -0.2) is 14.8 Å². The molecule has 30 heavy (non-hydrogen) atoms. The van der Waals surface area contributed by atoms with Crippen LogP contribution in [0.4, 0.5) is 4.79 Å². The zero-order chi connectivity index (χ0) is 21.9. The summed E-state index contributed by atoms with van der Waals surface area (Å²) in [6.07, 6.45) is 2.81. The summed E-state index contributed by atoms with van der Waals surface area (Å²) in [6.45, 7) is 9.47. The second kappa shape index (κ2) is 8.71. The van der Waals surface area contributed by atoms with E-state index in [0.29, 0.717) is 33.6 Å². The second-order valence-corrected chi connectivity index (χ2v) is 7.74. The van der Waals surface area contributed by atoms with Gasteiger partial charge in [0.25, 0.3) is 0 Å². The van der Waals surface area contributed by atoms with E-state index < -0.39 is 11.7 Å². The zero-order valence-electron chi connectivity index (χ0n) is 17.6. The van der Waals surface area contributed by atoms with Crippen LogP contribution in [0.5, 0.6) is 0 Å². The molecule has 0 aliphatic heterocycles. The van der Waals surface area contributed by atoms with Gasteiger partial charge in [-0.15, -0.1) is 0 Å². The minimum atomic E-state index is -0.592. The molecule has 3 heterocycles. The third-order valence-corrected chi connectivity index (χ3v) is 4.19. The Morgan fingerprint density at radius 1 is 1.13 bits per heavy atom. The quantitative estimate of drug-likeness (QED) is 0.352. The number of hydrogen-bond acceptors (Lipinski definition) is 5. The van der Waals surface area contributed by atoms with Gasteiger partial charge < -0.3 is 9.15 Å². The number of benzene rings is 1. The van der Waals surface area contributed by atoms with Crippen molar-refractivity contribution >= 4 is 28.7 Å². The number of hydrogen-bond donors (Lipinski definition) is 0. The van der Waals surface area contributed by atoms with Crippen LogP contribution >= 0.6 is 11.6 Å². The fourth-order valence-corrected chi connectivity index (χ4v) is 2.96. The highest BCUT2D eigenvalue weighted by Gasteiger charge is 2.20. The van der Waals surface area contributed by atoms with Crippen LogP contribution in [0.15, 0.2) is 59.3 Å². The summed E-state index contributed by atoms with van der Waals surface area (Å²) in [5.74, 6) is 0.941. The van der Waals surface area contributed by atoms with Gasteiger partial charge in [-0.2, -0.15) is 0 Å². The fourth-order valence-electron chi connectivity index (χ4n) is 2.80. The lowest BCUT2D eigenvalue weighted by Crippen LogP contribution is -2.27. The Bertz CT molecular complexity index is 1170. The molecule has 0 spiro atoms. The number of carbonyl (C=O) groups is 1. The molecule has 7 heteroatoms. The number of ether oxygens (including phenoxy) is 1. The van der Waals surface area contributed by atoms with Gasteiger partial charge in [0.2, 0.25) is 0 Å². The van der Waals surface area contributed by atoms with Crippen molar-refractivity contribution in [1.82, 2.24) is 14.5 Å². The van der Waals surface area contributed by atoms with Crippen molar-refractivity contribution in [3.05, 3.63) is 59.9 Å². The van der Waals surface area contributed by atoms with Gasteiger partial charge in [0, 0.05) is 28.9 Å². The van der Waals surface area contributed by atoms with Crippen LogP contribution in [0, 0.1) is 0 Å². The maximum absolute atomic E-state index is 12.5. The van der Waals surface area contributed by atoms with Gasteiger partial charge >= 0.3 is 6.09 Å². The molecule has 0 saturated carbocycles. The van der Waals surface area contributed by atoms with Crippen LogP contribution in [0.25, 0.3) is 33.9 Å². The van der Waals surface area contributed by atoms with E-state index in [-0.39, 0.29) is 0 Å². The second-order valence-electron chi connectivity index (χ2n) is 7.30. The molecule has 0 fully saturated rings. The lowest BCUT2D eigenvalue weighted by Gasteiger charge is -2.20. The van der Waals surface area contributed by atoms with E-state index >= 15 is 0 Å². The highest BCUT2D eigenvalue weighted by atomic mass is 35.5. The van der Waals surface area contributed by atoms with E-state index in [1.165, 1.54) is 4.57 Å². The lowest BCUT2D eigenvalue weighted by molar-refractivity contribution is 0.0540. The highest BCUT2D eigenvalue weighted by Crippen LogP contribution is 2.29. The molecule has 156 valence electrons. The molecular weight excluding hydrogens is 402 g/mol. The van der Waals surface area contributed by atoms with Crippen molar-refractivity contribution in [3.8, 4) is 23.0 Å². The largest absolute Gasteiger partial charge is 0.453 e. The van der Waals surface area contributed by atoms with E-state index in [9.17, 15) is 4.79 Å². The average molecular weight is 426 g/mol. The first-order valence-electron chi connectivity index (χ1n) is 9.74. The van der Waals surface area contributed by atoms with Crippen molar-refractivity contribution < 1.29 is 13.9 Å². The lowest BCUT2D eigenvalue weighted by atomic mass is 10.2. The third-order valence-electron chi connectivity index (χ3n) is 3.96. The first-order chi connectivity index (χ1) is 14.3. The van der Waals surface area contributed by atoms with Crippen LogP contribution in [0.2, 0.25) is 5.02 Å². The van der Waals surface area contributed by atoms with Crippen LogP contribution in [-0.4, -0.2) is 26.2 Å². The SMILES string of the molecule is CC.CC(C)(C)OC(=O)n1cccc1-c1ccnc(-c2cc3ccc(Cl)cc3o2)n1. The molecule has 0 aliphatic rings. The highest BCUT2D eigenvalue weighted by molar-refractivity contribution is 6.31. The molecule has 0 N–H and O–H groups in total. The number of halogens is 1. The average Bonchev–Trinajstić information content (AvgIpc) is 3.35. The fraction of sp³-hybridized carbons (Fsp3) is 0.261. The van der Waals surface area contributed by atoms with Gasteiger partial charge in [0.15, 0.2) is 11.6 Å². The van der Waals surface area contributed by atoms with Crippen molar-refractivity contribution in [2.24, 2.45) is 0 Å². The Labute approximate surface area is 180 Å². The molecule has 0 aliphatic carbocycles. The number of nitrogens with zero attached hydrogens (tertiary/aromatic N) is 3. The van der Waals surface area contributed by atoms with Crippen LogP contribution < -0.4 is 0 Å². The number of aromatic nitrogens is 3. The normalized spacial score (nSPS) is 11.1. The Balaban J connectivity index is 0.00000124. The summed E-state index contributed by atoms with van der Waals surface area (Å²) in [4.78, 5) is 21.4. The number of furan rings is 1. The topological polar surface area (TPSA) is 70.2 Å². The van der Waals surface area contributed by atoms with E-state index in [2.05, 4.69) is 9.97 Å². The monoisotopic (exact) mass is 425 g/mol. The van der Waals surface area contributed by atoms with Gasteiger partial charge in [0.05, 0.1) is 11.4 Å². The minimum absolute atomic E-state index is 0.418. The van der Waals surface area contributed by atoms with Crippen LogP contribution in [0.3, 0.4) is 0 Å². The van der Waals surface area contributed by atoms with Gasteiger partial charge in [-0.1, -0.05) is 25.4 Å². The van der Waals surface area contributed by atoms with Crippen molar-refractivity contribution in [3.63, 3.8) is 0 Å². The summed E-state index contributed by atoms with van der Waals surface area (Å²) in [5, 5.41) is 1.50. The third kappa shape index (κ3) is 4.71. The first kappa shape index (κ1) is 21.6. The van der Waals surface area contributed by atoms with Crippen molar-refractivity contribution in [2.45, 2.75) is 40.2 Å². The Morgan fingerprint density at radius 2 is 1.90 bits per heavy atom. The number of fused-ring (bicyclic) bond motifs is 1. The maximum atomic E-state index is 12.5.